The zero-order valence-electron chi connectivity index (χ0n) is 32.7. The third-order valence-electron chi connectivity index (χ3n) is 12.8. The van der Waals surface area contributed by atoms with Gasteiger partial charge in [0.15, 0.2) is 8.07 Å². The van der Waals surface area contributed by atoms with Gasteiger partial charge in [0.05, 0.1) is 11.0 Å². The third-order valence-corrected chi connectivity index (χ3v) is 18.7. The SMILES string of the molecule is CC1(C)c2ccccc2Sc2cc3c4cccnc4n(-c4cccc([Si](c5ccccc5)(c5ccccc5)c5ccc6c7ccccc7n7ccnc7c6c5)c4)c3cc21. The first kappa shape index (κ1) is 34.3. The lowest BCUT2D eigenvalue weighted by Gasteiger charge is -2.35. The summed E-state index contributed by atoms with van der Waals surface area (Å²) >= 11 is 1.88. The lowest BCUT2D eigenvalue weighted by molar-refractivity contribution is 0.608. The van der Waals surface area contributed by atoms with Crippen LogP contribution in [0, 0.1) is 0 Å². The van der Waals surface area contributed by atoms with Crippen LogP contribution < -0.4 is 20.7 Å². The Morgan fingerprint density at radius 3 is 1.98 bits per heavy atom. The van der Waals surface area contributed by atoms with E-state index in [1.807, 2.05) is 24.2 Å². The van der Waals surface area contributed by atoms with Crippen LogP contribution in [0.25, 0.3) is 54.9 Å². The van der Waals surface area contributed by atoms with E-state index in [1.54, 1.807) is 0 Å². The number of benzene rings is 7. The lowest BCUT2D eigenvalue weighted by atomic mass is 9.77. The quantitative estimate of drug-likeness (QED) is 0.0990. The van der Waals surface area contributed by atoms with Crippen molar-refractivity contribution in [2.45, 2.75) is 29.1 Å². The molecule has 0 spiro atoms. The molecule has 0 saturated carbocycles. The van der Waals surface area contributed by atoms with E-state index in [1.165, 1.54) is 63.3 Å². The molecule has 0 amide bonds. The summed E-state index contributed by atoms with van der Waals surface area (Å²) < 4.78 is 4.65. The zero-order chi connectivity index (χ0) is 39.3. The predicted molar refractivity (Wildman–Crippen MR) is 249 cm³/mol. The molecule has 280 valence electrons. The van der Waals surface area contributed by atoms with Crippen LogP contribution in [0.5, 0.6) is 0 Å². The minimum absolute atomic E-state index is 0.160. The van der Waals surface area contributed by atoms with Gasteiger partial charge < -0.3 is 0 Å². The van der Waals surface area contributed by atoms with Crippen molar-refractivity contribution in [3.05, 3.63) is 206 Å². The monoisotopic (exact) mass is 790 g/mol. The summed E-state index contributed by atoms with van der Waals surface area (Å²) in [5.74, 6) is 0. The molecule has 0 atom stereocenters. The van der Waals surface area contributed by atoms with Gasteiger partial charge >= 0.3 is 0 Å². The molecule has 0 saturated heterocycles. The topological polar surface area (TPSA) is 35.1 Å². The van der Waals surface area contributed by atoms with E-state index in [4.69, 9.17) is 9.97 Å². The first-order valence-electron chi connectivity index (χ1n) is 20.2. The van der Waals surface area contributed by atoms with Gasteiger partial charge in [-0.2, -0.15) is 0 Å². The number of para-hydroxylation sites is 1. The summed E-state index contributed by atoms with van der Waals surface area (Å²) in [6.07, 6.45) is 5.94. The summed E-state index contributed by atoms with van der Waals surface area (Å²) in [6, 6.07) is 65.7. The Labute approximate surface area is 347 Å². The van der Waals surface area contributed by atoms with E-state index in [9.17, 15) is 0 Å². The van der Waals surface area contributed by atoms with Crippen molar-refractivity contribution in [3.8, 4) is 5.69 Å². The maximum absolute atomic E-state index is 5.10. The van der Waals surface area contributed by atoms with Gasteiger partial charge in [-0.3, -0.25) is 8.97 Å². The van der Waals surface area contributed by atoms with Crippen molar-refractivity contribution in [1.82, 2.24) is 18.9 Å². The molecule has 1 aliphatic rings. The number of nitrogens with zero attached hydrogens (tertiary/aromatic N) is 4. The van der Waals surface area contributed by atoms with E-state index in [0.717, 1.165) is 33.3 Å². The molecule has 4 nitrogen and oxygen atoms in total. The summed E-state index contributed by atoms with van der Waals surface area (Å²) in [4.78, 5) is 12.7. The van der Waals surface area contributed by atoms with Crippen molar-refractivity contribution in [2.24, 2.45) is 0 Å². The van der Waals surface area contributed by atoms with Crippen LogP contribution >= 0.6 is 11.8 Å². The molecule has 0 radical (unpaired) electrons. The van der Waals surface area contributed by atoms with E-state index >= 15 is 0 Å². The highest BCUT2D eigenvalue weighted by Crippen LogP contribution is 2.51. The molecule has 4 aromatic heterocycles. The second kappa shape index (κ2) is 12.9. The van der Waals surface area contributed by atoms with E-state index < -0.39 is 8.07 Å². The van der Waals surface area contributed by atoms with Gasteiger partial charge in [-0.15, -0.1) is 0 Å². The van der Waals surface area contributed by atoms with Crippen LogP contribution in [0.2, 0.25) is 0 Å². The van der Waals surface area contributed by atoms with Gasteiger partial charge in [-0.25, -0.2) is 9.97 Å². The van der Waals surface area contributed by atoms with Crippen LogP contribution in [-0.4, -0.2) is 27.0 Å². The molecule has 0 fully saturated rings. The molecule has 5 heterocycles. The average molecular weight is 791 g/mol. The normalized spacial score (nSPS) is 13.7. The molecule has 0 aliphatic carbocycles. The fourth-order valence-electron chi connectivity index (χ4n) is 10.1. The molecule has 0 unspecified atom stereocenters. The minimum atomic E-state index is -2.99. The number of pyridine rings is 2. The number of hydrogen-bond acceptors (Lipinski definition) is 3. The standard InChI is InChI=1S/C53H38N4SSi/c1-53(2)45-23-10-12-25-49(45)58-50-33-43-42-22-14-28-54-52(42)57(48(43)34-46(50)53)35-15-13-20-38(31-35)59(36-16-5-3-6-17-36,37-18-7-4-8-19-37)39-26-27-40-41-21-9-11-24-47(41)56-30-29-55-51(56)44(40)32-39/h3-34H,1-2H3. The van der Waals surface area contributed by atoms with Crippen molar-refractivity contribution in [3.63, 3.8) is 0 Å². The van der Waals surface area contributed by atoms with Crippen LogP contribution in [0.3, 0.4) is 0 Å². The van der Waals surface area contributed by atoms with Gasteiger partial charge in [0.25, 0.3) is 0 Å². The van der Waals surface area contributed by atoms with Crippen LogP contribution in [0.1, 0.15) is 25.0 Å². The van der Waals surface area contributed by atoms with Crippen molar-refractivity contribution >= 4 is 89.8 Å². The fourth-order valence-corrected chi connectivity index (χ4v) is 16.3. The van der Waals surface area contributed by atoms with E-state index in [2.05, 4.69) is 205 Å². The Morgan fingerprint density at radius 2 is 1.15 bits per heavy atom. The molecule has 0 bridgehead atoms. The molecule has 0 N–H and O–H groups in total. The Kier molecular flexibility index (Phi) is 7.50. The second-order valence-electron chi connectivity index (χ2n) is 16.2. The summed E-state index contributed by atoms with van der Waals surface area (Å²) in [7, 11) is -2.99. The molecular formula is C53H38N4SSi. The second-order valence-corrected chi connectivity index (χ2v) is 21.1. The fraction of sp³-hybridized carbons (Fsp3) is 0.0566. The van der Waals surface area contributed by atoms with Gasteiger partial charge in [0.2, 0.25) is 0 Å². The highest BCUT2D eigenvalue weighted by atomic mass is 32.2. The van der Waals surface area contributed by atoms with Crippen molar-refractivity contribution in [2.75, 3.05) is 0 Å². The van der Waals surface area contributed by atoms with Crippen LogP contribution in [0.4, 0.5) is 0 Å². The number of imidazole rings is 1. The summed E-state index contributed by atoms with van der Waals surface area (Å²) in [5.41, 5.74) is 7.94. The summed E-state index contributed by atoms with van der Waals surface area (Å²) in [5, 5.41) is 11.2. The molecule has 11 aromatic rings. The van der Waals surface area contributed by atoms with E-state index in [0.29, 0.717) is 0 Å². The zero-order valence-corrected chi connectivity index (χ0v) is 34.5. The average Bonchev–Trinajstić information content (AvgIpc) is 3.91. The number of fused-ring (bicyclic) bond motifs is 11. The Hall–Kier alpha value is -6.73. The minimum Gasteiger partial charge on any atom is -0.299 e. The van der Waals surface area contributed by atoms with Crippen molar-refractivity contribution < 1.29 is 0 Å². The van der Waals surface area contributed by atoms with Crippen molar-refractivity contribution in [1.29, 1.82) is 0 Å². The number of rotatable bonds is 5. The van der Waals surface area contributed by atoms with Crippen LogP contribution in [0.15, 0.2) is 204 Å². The van der Waals surface area contributed by atoms with Crippen LogP contribution in [-0.2, 0) is 5.41 Å². The first-order chi connectivity index (χ1) is 29.0. The summed E-state index contributed by atoms with van der Waals surface area (Å²) in [6.45, 7) is 4.73. The molecule has 12 rings (SSSR count). The number of aromatic nitrogens is 4. The molecule has 1 aliphatic heterocycles. The van der Waals surface area contributed by atoms with Gasteiger partial charge in [-0.05, 0) is 85.8 Å². The first-order valence-corrected chi connectivity index (χ1v) is 23.0. The predicted octanol–water partition coefficient (Wildman–Crippen LogP) is 10.3. The largest absolute Gasteiger partial charge is 0.299 e. The molecular weight excluding hydrogens is 753 g/mol. The molecule has 7 aromatic carbocycles. The maximum Gasteiger partial charge on any atom is 0.179 e. The molecule has 59 heavy (non-hydrogen) atoms. The smallest absolute Gasteiger partial charge is 0.179 e. The highest BCUT2D eigenvalue weighted by molar-refractivity contribution is 7.99. The Balaban J connectivity index is 1.15. The number of hydrogen-bond donors (Lipinski definition) is 0. The highest BCUT2D eigenvalue weighted by Gasteiger charge is 2.42. The Bertz CT molecular complexity index is 3420. The lowest BCUT2D eigenvalue weighted by Crippen LogP contribution is -2.74. The van der Waals surface area contributed by atoms with E-state index in [-0.39, 0.29) is 5.41 Å². The van der Waals surface area contributed by atoms with Gasteiger partial charge in [-0.1, -0.05) is 153 Å². The Morgan fingerprint density at radius 1 is 0.458 bits per heavy atom. The maximum atomic E-state index is 5.10. The third kappa shape index (κ3) is 4.91. The molecule has 6 heteroatoms. The van der Waals surface area contributed by atoms with Gasteiger partial charge in [0.1, 0.15) is 11.3 Å². The van der Waals surface area contributed by atoms with Gasteiger partial charge in [0, 0.05) is 61.0 Å².